The van der Waals surface area contributed by atoms with E-state index < -0.39 is 0 Å². The molecule has 0 aromatic carbocycles. The van der Waals surface area contributed by atoms with Gasteiger partial charge in [0, 0.05) is 18.5 Å². The largest absolute Gasteiger partial charge is 0.340 e. The summed E-state index contributed by atoms with van der Waals surface area (Å²) in [6.07, 6.45) is 0. The highest BCUT2D eigenvalue weighted by Crippen LogP contribution is 2.22. The van der Waals surface area contributed by atoms with E-state index in [4.69, 9.17) is 17.4 Å². The molecule has 0 aliphatic heterocycles. The Morgan fingerprint density at radius 3 is 2.87 bits per heavy atom. The van der Waals surface area contributed by atoms with Gasteiger partial charge < -0.3 is 4.90 Å². The van der Waals surface area contributed by atoms with Gasteiger partial charge in [-0.05, 0) is 19.1 Å². The van der Waals surface area contributed by atoms with E-state index in [2.05, 4.69) is 10.4 Å². The van der Waals surface area contributed by atoms with Gasteiger partial charge in [0.25, 0.3) is 0 Å². The SMILES string of the molecule is CCN=C(NN)N(C)Cc1ccc(Cl)s1. The summed E-state index contributed by atoms with van der Waals surface area (Å²) in [7, 11) is 1.93. The maximum absolute atomic E-state index is 5.85. The molecule has 84 valence electrons. The first-order chi connectivity index (χ1) is 7.17. The fourth-order valence-electron chi connectivity index (χ4n) is 1.17. The number of halogens is 1. The van der Waals surface area contributed by atoms with E-state index in [-0.39, 0.29) is 0 Å². The highest BCUT2D eigenvalue weighted by Gasteiger charge is 2.06. The monoisotopic (exact) mass is 246 g/mol. The Morgan fingerprint density at radius 1 is 1.67 bits per heavy atom. The summed E-state index contributed by atoms with van der Waals surface area (Å²) in [5, 5.41) is 0. The standard InChI is InChI=1S/C9H15ClN4S/c1-3-12-9(13-11)14(2)6-7-4-5-8(10)15-7/h4-5H,3,6,11H2,1-2H3,(H,12,13). The molecule has 0 aliphatic carbocycles. The molecule has 0 fully saturated rings. The fraction of sp³-hybridized carbons (Fsp3) is 0.444. The van der Waals surface area contributed by atoms with E-state index in [0.717, 1.165) is 10.9 Å². The van der Waals surface area contributed by atoms with Crippen LogP contribution < -0.4 is 11.3 Å². The van der Waals surface area contributed by atoms with Crippen LogP contribution in [0.3, 0.4) is 0 Å². The van der Waals surface area contributed by atoms with Crippen LogP contribution in [0.25, 0.3) is 0 Å². The molecule has 0 saturated carbocycles. The Balaban J connectivity index is 2.61. The predicted molar refractivity (Wildman–Crippen MR) is 66.1 cm³/mol. The summed E-state index contributed by atoms with van der Waals surface area (Å²) in [5.74, 6) is 6.06. The summed E-state index contributed by atoms with van der Waals surface area (Å²) in [4.78, 5) is 7.36. The quantitative estimate of drug-likeness (QED) is 0.369. The lowest BCUT2D eigenvalue weighted by atomic mass is 10.4. The molecule has 0 amide bonds. The van der Waals surface area contributed by atoms with Crippen LogP contribution >= 0.6 is 22.9 Å². The van der Waals surface area contributed by atoms with Gasteiger partial charge in [0.15, 0.2) is 0 Å². The van der Waals surface area contributed by atoms with E-state index in [1.165, 1.54) is 4.88 Å². The number of hydrazine groups is 1. The zero-order valence-electron chi connectivity index (χ0n) is 8.83. The Hall–Kier alpha value is -0.780. The highest BCUT2D eigenvalue weighted by molar-refractivity contribution is 7.16. The van der Waals surface area contributed by atoms with Gasteiger partial charge in [-0.1, -0.05) is 11.6 Å². The van der Waals surface area contributed by atoms with Crippen LogP contribution in [0.2, 0.25) is 4.34 Å². The van der Waals surface area contributed by atoms with Gasteiger partial charge in [-0.3, -0.25) is 10.4 Å². The third-order valence-electron chi connectivity index (χ3n) is 1.82. The van der Waals surface area contributed by atoms with Crippen molar-refractivity contribution in [1.29, 1.82) is 0 Å². The topological polar surface area (TPSA) is 53.6 Å². The minimum Gasteiger partial charge on any atom is -0.340 e. The Kier molecular flexibility index (Phi) is 4.87. The summed E-state index contributed by atoms with van der Waals surface area (Å²) in [5.41, 5.74) is 2.58. The Bertz CT molecular complexity index is 337. The van der Waals surface area contributed by atoms with Gasteiger partial charge in [0.2, 0.25) is 5.96 Å². The Morgan fingerprint density at radius 2 is 2.40 bits per heavy atom. The summed E-state index contributed by atoms with van der Waals surface area (Å²) in [6, 6.07) is 3.89. The molecule has 0 unspecified atom stereocenters. The van der Waals surface area contributed by atoms with Crippen LogP contribution in [0.5, 0.6) is 0 Å². The number of nitrogens with two attached hydrogens (primary N) is 1. The minimum atomic E-state index is 0.682. The second-order valence-corrected chi connectivity index (χ2v) is 4.80. The van der Waals surface area contributed by atoms with E-state index in [9.17, 15) is 0 Å². The van der Waals surface area contributed by atoms with Gasteiger partial charge >= 0.3 is 0 Å². The molecule has 0 atom stereocenters. The number of guanidine groups is 1. The molecule has 0 radical (unpaired) electrons. The minimum absolute atomic E-state index is 0.682. The van der Waals surface area contributed by atoms with E-state index >= 15 is 0 Å². The molecule has 1 aromatic heterocycles. The van der Waals surface area contributed by atoms with Crippen molar-refractivity contribution in [2.45, 2.75) is 13.5 Å². The molecule has 1 rings (SSSR count). The summed E-state index contributed by atoms with van der Waals surface area (Å²) < 4.78 is 0.799. The van der Waals surface area contributed by atoms with Crippen molar-refractivity contribution in [2.75, 3.05) is 13.6 Å². The van der Waals surface area contributed by atoms with Crippen molar-refractivity contribution < 1.29 is 0 Å². The summed E-state index contributed by atoms with van der Waals surface area (Å²) >= 11 is 7.41. The number of hydrogen-bond donors (Lipinski definition) is 2. The van der Waals surface area contributed by atoms with Crippen molar-refractivity contribution in [3.63, 3.8) is 0 Å². The number of nitrogens with one attached hydrogen (secondary N) is 1. The predicted octanol–water partition coefficient (Wildman–Crippen LogP) is 1.67. The molecule has 3 N–H and O–H groups in total. The molecule has 0 aliphatic rings. The molecule has 1 aromatic rings. The van der Waals surface area contributed by atoms with E-state index in [0.29, 0.717) is 12.5 Å². The number of hydrogen-bond acceptors (Lipinski definition) is 3. The Labute approximate surface area is 98.7 Å². The molecular formula is C9H15ClN4S. The van der Waals surface area contributed by atoms with Crippen molar-refractivity contribution in [1.82, 2.24) is 10.3 Å². The maximum atomic E-state index is 5.85. The molecule has 6 heteroatoms. The average molecular weight is 247 g/mol. The van der Waals surface area contributed by atoms with E-state index in [1.807, 2.05) is 31.0 Å². The fourth-order valence-corrected chi connectivity index (χ4v) is 2.31. The smallest absolute Gasteiger partial charge is 0.208 e. The molecular weight excluding hydrogens is 232 g/mol. The third-order valence-corrected chi connectivity index (χ3v) is 3.04. The van der Waals surface area contributed by atoms with Crippen molar-refractivity contribution in [3.05, 3.63) is 21.3 Å². The zero-order valence-corrected chi connectivity index (χ0v) is 10.4. The molecule has 1 heterocycles. The molecule has 0 spiro atoms. The van der Waals surface area contributed by atoms with Crippen LogP contribution in [0.4, 0.5) is 0 Å². The first kappa shape index (κ1) is 12.3. The molecule has 4 nitrogen and oxygen atoms in total. The summed E-state index contributed by atoms with van der Waals surface area (Å²) in [6.45, 7) is 3.42. The van der Waals surface area contributed by atoms with Crippen LogP contribution in [0.15, 0.2) is 17.1 Å². The highest BCUT2D eigenvalue weighted by atomic mass is 35.5. The number of nitrogens with zero attached hydrogens (tertiary/aromatic N) is 2. The molecule has 0 saturated heterocycles. The van der Waals surface area contributed by atoms with Crippen LogP contribution in [-0.4, -0.2) is 24.5 Å². The van der Waals surface area contributed by atoms with Crippen LogP contribution in [-0.2, 0) is 6.54 Å². The van der Waals surface area contributed by atoms with Crippen molar-refractivity contribution >= 4 is 28.9 Å². The van der Waals surface area contributed by atoms with Gasteiger partial charge in [0.1, 0.15) is 0 Å². The zero-order chi connectivity index (χ0) is 11.3. The second kappa shape index (κ2) is 5.95. The van der Waals surface area contributed by atoms with Gasteiger partial charge in [-0.2, -0.15) is 0 Å². The molecule has 15 heavy (non-hydrogen) atoms. The first-order valence-electron chi connectivity index (χ1n) is 4.63. The van der Waals surface area contributed by atoms with Gasteiger partial charge in [0.05, 0.1) is 10.9 Å². The number of rotatable bonds is 3. The number of aliphatic imine (C=N–C) groups is 1. The third kappa shape index (κ3) is 3.70. The maximum Gasteiger partial charge on any atom is 0.208 e. The lowest BCUT2D eigenvalue weighted by Crippen LogP contribution is -2.42. The van der Waals surface area contributed by atoms with Crippen LogP contribution in [0, 0.1) is 0 Å². The van der Waals surface area contributed by atoms with Gasteiger partial charge in [-0.15, -0.1) is 11.3 Å². The first-order valence-corrected chi connectivity index (χ1v) is 5.83. The molecule has 0 bridgehead atoms. The average Bonchev–Trinajstić information content (AvgIpc) is 2.60. The van der Waals surface area contributed by atoms with Crippen molar-refractivity contribution in [2.24, 2.45) is 10.8 Å². The van der Waals surface area contributed by atoms with E-state index in [1.54, 1.807) is 11.3 Å². The normalized spacial score (nSPS) is 11.6. The lowest BCUT2D eigenvalue weighted by molar-refractivity contribution is 0.482. The van der Waals surface area contributed by atoms with Crippen molar-refractivity contribution in [3.8, 4) is 0 Å². The number of thiophene rings is 1. The second-order valence-electron chi connectivity index (χ2n) is 3.00. The van der Waals surface area contributed by atoms with Gasteiger partial charge in [-0.25, -0.2) is 5.84 Å². The van der Waals surface area contributed by atoms with Crippen LogP contribution in [0.1, 0.15) is 11.8 Å². The lowest BCUT2D eigenvalue weighted by Gasteiger charge is -2.19.